The van der Waals surface area contributed by atoms with Gasteiger partial charge in [-0.3, -0.25) is 9.78 Å². The van der Waals surface area contributed by atoms with Gasteiger partial charge in [0.15, 0.2) is 0 Å². The maximum atomic E-state index is 13.7. The zero-order valence-corrected chi connectivity index (χ0v) is 13.6. The summed E-state index contributed by atoms with van der Waals surface area (Å²) in [6.45, 7) is 1.41. The lowest BCUT2D eigenvalue weighted by molar-refractivity contribution is 0.0952. The number of benzene rings is 1. The lowest BCUT2D eigenvalue weighted by Gasteiger charge is -2.11. The molecule has 0 bridgehead atoms. The zero-order valence-electron chi connectivity index (χ0n) is 13.6. The summed E-state index contributed by atoms with van der Waals surface area (Å²) >= 11 is 0. The average molecular weight is 334 g/mol. The molecule has 128 valence electrons. The van der Waals surface area contributed by atoms with E-state index in [1.165, 1.54) is 24.5 Å². The number of carbonyl (C=O) groups excluding carboxylic acids is 1. The highest BCUT2D eigenvalue weighted by Crippen LogP contribution is 2.23. The van der Waals surface area contributed by atoms with Gasteiger partial charge in [-0.25, -0.2) is 8.78 Å². The first-order valence-electron chi connectivity index (χ1n) is 7.56. The Morgan fingerprint density at radius 1 is 1.21 bits per heavy atom. The fraction of sp³-hybridized carbons (Fsp3) is 0.294. The van der Waals surface area contributed by atoms with Gasteiger partial charge in [0.05, 0.1) is 17.4 Å². The molecule has 0 unspecified atom stereocenters. The van der Waals surface area contributed by atoms with Gasteiger partial charge in [-0.2, -0.15) is 0 Å². The largest absolute Gasteiger partial charge is 0.352 e. The Labute approximate surface area is 139 Å². The van der Waals surface area contributed by atoms with Crippen LogP contribution in [-0.2, 0) is 0 Å². The Morgan fingerprint density at radius 2 is 1.92 bits per heavy atom. The van der Waals surface area contributed by atoms with Gasteiger partial charge in [-0.15, -0.1) is 0 Å². The zero-order chi connectivity index (χ0) is 17.5. The Morgan fingerprint density at radius 3 is 2.58 bits per heavy atom. The summed E-state index contributed by atoms with van der Waals surface area (Å²) in [4.78, 5) is 18.1. The van der Waals surface area contributed by atoms with E-state index in [0.717, 1.165) is 25.1 Å². The van der Waals surface area contributed by atoms with E-state index >= 15 is 0 Å². The van der Waals surface area contributed by atoms with Crippen molar-refractivity contribution in [1.82, 2.24) is 15.2 Å². The molecule has 0 saturated heterocycles. The third kappa shape index (κ3) is 4.99. The monoisotopic (exact) mass is 334 g/mol. The molecule has 0 aliphatic heterocycles. The molecule has 1 heterocycles. The molecular weight excluding hydrogens is 314 g/mol. The highest BCUT2D eigenvalue weighted by molar-refractivity contribution is 5.94. The van der Waals surface area contributed by atoms with Crippen LogP contribution in [0, 0.1) is 11.6 Å². The van der Waals surface area contributed by atoms with Crippen molar-refractivity contribution in [2.24, 2.45) is 0 Å². The number of hydrogen-bond acceptors (Lipinski definition) is 4. The summed E-state index contributed by atoms with van der Waals surface area (Å²) < 4.78 is 27.3. The standard InChI is InChI=1S/C17H20F2N4O/c1-23(2)8-4-7-21-17(24)12-9-13(11-20-10-12)22-16-14(18)5-3-6-15(16)19/h3,5-6,9-11,22H,4,7-8H2,1-2H3,(H,21,24). The quantitative estimate of drug-likeness (QED) is 0.765. The van der Waals surface area contributed by atoms with Gasteiger partial charge in [0.25, 0.3) is 5.91 Å². The van der Waals surface area contributed by atoms with Crippen LogP contribution in [-0.4, -0.2) is 43.0 Å². The van der Waals surface area contributed by atoms with Crippen molar-refractivity contribution in [2.45, 2.75) is 6.42 Å². The molecule has 0 fully saturated rings. The maximum Gasteiger partial charge on any atom is 0.252 e. The fourth-order valence-corrected chi connectivity index (χ4v) is 2.09. The minimum Gasteiger partial charge on any atom is -0.352 e. The predicted molar refractivity (Wildman–Crippen MR) is 89.4 cm³/mol. The molecule has 0 atom stereocenters. The molecule has 7 heteroatoms. The van der Waals surface area contributed by atoms with Gasteiger partial charge in [-0.05, 0) is 45.3 Å². The minimum atomic E-state index is -0.714. The van der Waals surface area contributed by atoms with Crippen molar-refractivity contribution >= 4 is 17.3 Å². The van der Waals surface area contributed by atoms with Crippen molar-refractivity contribution in [2.75, 3.05) is 32.5 Å². The first-order chi connectivity index (χ1) is 11.5. The van der Waals surface area contributed by atoms with Crippen LogP contribution in [0.5, 0.6) is 0 Å². The number of aromatic nitrogens is 1. The van der Waals surface area contributed by atoms with Gasteiger partial charge in [0.2, 0.25) is 0 Å². The van der Waals surface area contributed by atoms with Gasteiger partial charge < -0.3 is 15.5 Å². The molecule has 0 spiro atoms. The number of pyridine rings is 1. The van der Waals surface area contributed by atoms with E-state index in [1.807, 2.05) is 19.0 Å². The number of carbonyl (C=O) groups is 1. The van der Waals surface area contributed by atoms with E-state index in [4.69, 9.17) is 0 Å². The second-order valence-electron chi connectivity index (χ2n) is 5.60. The average Bonchev–Trinajstić information content (AvgIpc) is 2.55. The molecule has 2 N–H and O–H groups in total. The van der Waals surface area contributed by atoms with E-state index in [9.17, 15) is 13.6 Å². The molecule has 24 heavy (non-hydrogen) atoms. The molecule has 0 aliphatic rings. The Kier molecular flexibility index (Phi) is 6.20. The highest BCUT2D eigenvalue weighted by Gasteiger charge is 2.11. The lowest BCUT2D eigenvalue weighted by atomic mass is 10.2. The molecular formula is C17H20F2N4O. The molecule has 1 aromatic carbocycles. The number of nitrogens with one attached hydrogen (secondary N) is 2. The molecule has 1 aromatic heterocycles. The number of amides is 1. The van der Waals surface area contributed by atoms with Crippen molar-refractivity contribution in [3.8, 4) is 0 Å². The fourth-order valence-electron chi connectivity index (χ4n) is 2.09. The van der Waals surface area contributed by atoms with E-state index in [1.54, 1.807) is 0 Å². The molecule has 0 saturated carbocycles. The summed E-state index contributed by atoms with van der Waals surface area (Å²) in [5.41, 5.74) is 0.379. The molecule has 2 aromatic rings. The smallest absolute Gasteiger partial charge is 0.252 e. The van der Waals surface area contributed by atoms with Crippen LogP contribution in [0.25, 0.3) is 0 Å². The van der Waals surface area contributed by atoms with Gasteiger partial charge in [-0.1, -0.05) is 6.07 Å². The summed E-state index contributed by atoms with van der Waals surface area (Å²) in [5, 5.41) is 5.41. The molecule has 2 rings (SSSR count). The van der Waals surface area contributed by atoms with E-state index in [-0.39, 0.29) is 11.6 Å². The van der Waals surface area contributed by atoms with Gasteiger partial charge >= 0.3 is 0 Å². The second-order valence-corrected chi connectivity index (χ2v) is 5.60. The minimum absolute atomic E-state index is 0.275. The SMILES string of the molecule is CN(C)CCCNC(=O)c1cncc(Nc2c(F)cccc2F)c1. The summed E-state index contributed by atoms with van der Waals surface area (Å²) in [6.07, 6.45) is 3.63. The molecule has 0 radical (unpaired) electrons. The van der Waals surface area contributed by atoms with Crippen LogP contribution in [0.2, 0.25) is 0 Å². The van der Waals surface area contributed by atoms with Crippen LogP contribution >= 0.6 is 0 Å². The normalized spacial score (nSPS) is 10.7. The van der Waals surface area contributed by atoms with Gasteiger partial charge in [0, 0.05) is 12.7 Å². The Hall–Kier alpha value is -2.54. The van der Waals surface area contributed by atoms with Crippen LogP contribution in [0.1, 0.15) is 16.8 Å². The third-order valence-corrected chi connectivity index (χ3v) is 3.30. The molecule has 1 amide bonds. The number of nitrogens with zero attached hydrogens (tertiary/aromatic N) is 2. The number of halogens is 2. The van der Waals surface area contributed by atoms with Crippen molar-refractivity contribution in [1.29, 1.82) is 0 Å². The van der Waals surface area contributed by atoms with Crippen molar-refractivity contribution in [3.63, 3.8) is 0 Å². The highest BCUT2D eigenvalue weighted by atomic mass is 19.1. The van der Waals surface area contributed by atoms with Crippen molar-refractivity contribution in [3.05, 3.63) is 53.9 Å². The topological polar surface area (TPSA) is 57.3 Å². The van der Waals surface area contributed by atoms with Gasteiger partial charge in [0.1, 0.15) is 17.3 Å². The van der Waals surface area contributed by atoms with Crippen LogP contribution in [0.4, 0.5) is 20.2 Å². The molecule has 5 nitrogen and oxygen atoms in total. The Bertz CT molecular complexity index is 686. The first-order valence-corrected chi connectivity index (χ1v) is 7.56. The second kappa shape index (κ2) is 8.35. The van der Waals surface area contributed by atoms with E-state index < -0.39 is 11.6 Å². The number of rotatable bonds is 7. The van der Waals surface area contributed by atoms with Crippen molar-refractivity contribution < 1.29 is 13.6 Å². The lowest BCUT2D eigenvalue weighted by Crippen LogP contribution is -2.27. The predicted octanol–water partition coefficient (Wildman–Crippen LogP) is 2.78. The van der Waals surface area contributed by atoms with Crippen LogP contribution in [0.3, 0.4) is 0 Å². The van der Waals surface area contributed by atoms with Crippen LogP contribution in [0.15, 0.2) is 36.7 Å². The van der Waals surface area contributed by atoms with E-state index in [0.29, 0.717) is 17.8 Å². The van der Waals surface area contributed by atoms with Crippen LogP contribution < -0.4 is 10.6 Å². The summed E-state index contributed by atoms with van der Waals surface area (Å²) in [7, 11) is 3.92. The summed E-state index contributed by atoms with van der Waals surface area (Å²) in [6, 6.07) is 5.09. The first kappa shape index (κ1) is 17.8. The Balaban J connectivity index is 2.02. The van der Waals surface area contributed by atoms with E-state index in [2.05, 4.69) is 15.6 Å². The maximum absolute atomic E-state index is 13.7. The third-order valence-electron chi connectivity index (χ3n) is 3.30. The number of anilines is 2. The molecule has 0 aliphatic carbocycles. The summed E-state index contributed by atoms with van der Waals surface area (Å²) in [5.74, 6) is -1.71. The number of hydrogen-bond donors (Lipinski definition) is 2. The number of para-hydroxylation sites is 1.